The number of hydrogen-bond acceptors (Lipinski definition) is 3. The van der Waals surface area contributed by atoms with Crippen molar-refractivity contribution < 1.29 is 5.11 Å². The molecule has 0 aliphatic carbocycles. The van der Waals surface area contributed by atoms with E-state index in [1.807, 2.05) is 11.8 Å². The van der Waals surface area contributed by atoms with E-state index in [4.69, 9.17) is 5.11 Å². The molecule has 2 nitrogen and oxygen atoms in total. The number of hydrogen-bond donors (Lipinski definition) is 2. The Hall–Kier alpha value is 0.270. The van der Waals surface area contributed by atoms with Crippen LogP contribution in [0.3, 0.4) is 0 Å². The van der Waals surface area contributed by atoms with Gasteiger partial charge in [0.2, 0.25) is 0 Å². The van der Waals surface area contributed by atoms with Crippen molar-refractivity contribution in [2.75, 3.05) is 24.7 Å². The Morgan fingerprint density at radius 3 is 2.64 bits per heavy atom. The third-order valence-corrected chi connectivity index (χ3v) is 3.48. The van der Waals surface area contributed by atoms with E-state index in [9.17, 15) is 0 Å². The number of rotatable bonds is 9. The zero-order chi connectivity index (χ0) is 10.8. The summed E-state index contributed by atoms with van der Waals surface area (Å²) in [5, 5.41) is 12.3. The van der Waals surface area contributed by atoms with Crippen molar-refractivity contribution in [1.82, 2.24) is 5.32 Å². The summed E-state index contributed by atoms with van der Waals surface area (Å²) in [4.78, 5) is 0. The number of nitrogens with one attached hydrogen (secondary N) is 1. The molecule has 0 saturated carbocycles. The lowest BCUT2D eigenvalue weighted by molar-refractivity contribution is 0.250. The Morgan fingerprint density at radius 1 is 1.36 bits per heavy atom. The summed E-state index contributed by atoms with van der Waals surface area (Å²) in [7, 11) is 0. The molecule has 0 aromatic rings. The fourth-order valence-electron chi connectivity index (χ4n) is 1.09. The standard InChI is InChI=1S/C11H25NOS/c1-4-6-12-11(3)5-7-14-9-10(2)8-13/h10-13H,4-9H2,1-3H3. The first-order valence-corrected chi connectivity index (χ1v) is 6.78. The maximum absolute atomic E-state index is 8.83. The predicted octanol–water partition coefficient (Wildman–Crippen LogP) is 2.13. The van der Waals surface area contributed by atoms with Crippen molar-refractivity contribution in [3.8, 4) is 0 Å². The van der Waals surface area contributed by atoms with Gasteiger partial charge in [-0.2, -0.15) is 11.8 Å². The molecule has 0 aromatic carbocycles. The van der Waals surface area contributed by atoms with Crippen molar-refractivity contribution in [1.29, 1.82) is 0 Å². The van der Waals surface area contributed by atoms with Crippen LogP contribution >= 0.6 is 11.8 Å². The Balaban J connectivity index is 3.18. The molecule has 86 valence electrons. The Bertz CT molecular complexity index is 122. The van der Waals surface area contributed by atoms with Crippen LogP contribution in [0.15, 0.2) is 0 Å². The third-order valence-electron chi connectivity index (χ3n) is 2.15. The van der Waals surface area contributed by atoms with E-state index in [-0.39, 0.29) is 0 Å². The second kappa shape index (κ2) is 9.81. The summed E-state index contributed by atoms with van der Waals surface area (Å²) < 4.78 is 0. The van der Waals surface area contributed by atoms with Crippen LogP contribution in [0.4, 0.5) is 0 Å². The van der Waals surface area contributed by atoms with Gasteiger partial charge in [0.25, 0.3) is 0 Å². The van der Waals surface area contributed by atoms with Gasteiger partial charge in [0, 0.05) is 12.6 Å². The smallest absolute Gasteiger partial charge is 0.0464 e. The molecule has 2 unspecified atom stereocenters. The molecule has 0 aliphatic heterocycles. The van der Waals surface area contributed by atoms with Gasteiger partial charge in [-0.05, 0) is 43.7 Å². The summed E-state index contributed by atoms with van der Waals surface area (Å²) in [6.45, 7) is 7.96. The molecule has 0 bridgehead atoms. The summed E-state index contributed by atoms with van der Waals surface area (Å²) in [6, 6.07) is 0.631. The number of aliphatic hydroxyl groups is 1. The highest BCUT2D eigenvalue weighted by atomic mass is 32.2. The molecule has 2 N–H and O–H groups in total. The summed E-state index contributed by atoms with van der Waals surface area (Å²) in [5.41, 5.74) is 0. The topological polar surface area (TPSA) is 32.3 Å². The van der Waals surface area contributed by atoms with Crippen LogP contribution in [-0.4, -0.2) is 35.8 Å². The lowest BCUT2D eigenvalue weighted by atomic mass is 10.2. The molecule has 0 aromatic heterocycles. The zero-order valence-electron chi connectivity index (χ0n) is 9.75. The average Bonchev–Trinajstić information content (AvgIpc) is 2.21. The molecule has 14 heavy (non-hydrogen) atoms. The monoisotopic (exact) mass is 219 g/mol. The molecule has 0 spiro atoms. The summed E-state index contributed by atoms with van der Waals surface area (Å²) in [6.07, 6.45) is 2.43. The number of thioether (sulfide) groups is 1. The SMILES string of the molecule is CCCNC(C)CCSCC(C)CO. The van der Waals surface area contributed by atoms with Crippen LogP contribution in [0, 0.1) is 5.92 Å². The van der Waals surface area contributed by atoms with E-state index in [1.165, 1.54) is 18.6 Å². The second-order valence-electron chi connectivity index (χ2n) is 4.01. The minimum absolute atomic E-state index is 0.316. The van der Waals surface area contributed by atoms with Gasteiger partial charge < -0.3 is 10.4 Å². The van der Waals surface area contributed by atoms with Gasteiger partial charge in [-0.1, -0.05) is 13.8 Å². The number of aliphatic hydroxyl groups excluding tert-OH is 1. The molecular formula is C11H25NOS. The quantitative estimate of drug-likeness (QED) is 0.583. The van der Waals surface area contributed by atoms with Crippen molar-refractivity contribution in [2.45, 2.75) is 39.7 Å². The molecule has 0 amide bonds. The normalized spacial score (nSPS) is 15.4. The molecule has 0 aliphatic rings. The zero-order valence-corrected chi connectivity index (χ0v) is 10.6. The van der Waals surface area contributed by atoms with Crippen LogP contribution in [-0.2, 0) is 0 Å². The summed E-state index contributed by atoms with van der Waals surface area (Å²) >= 11 is 1.95. The molecule has 0 fully saturated rings. The maximum atomic E-state index is 8.83. The van der Waals surface area contributed by atoms with Crippen LogP contribution in [0.5, 0.6) is 0 Å². The van der Waals surface area contributed by atoms with Crippen LogP contribution in [0.1, 0.15) is 33.6 Å². The highest BCUT2D eigenvalue weighted by molar-refractivity contribution is 7.99. The van der Waals surface area contributed by atoms with E-state index in [0.717, 1.165) is 12.3 Å². The third kappa shape index (κ3) is 8.85. The van der Waals surface area contributed by atoms with Gasteiger partial charge in [-0.25, -0.2) is 0 Å². The molecule has 0 heterocycles. The van der Waals surface area contributed by atoms with Crippen LogP contribution in [0.25, 0.3) is 0 Å². The maximum Gasteiger partial charge on any atom is 0.0464 e. The van der Waals surface area contributed by atoms with Crippen molar-refractivity contribution in [3.05, 3.63) is 0 Å². The van der Waals surface area contributed by atoms with Crippen molar-refractivity contribution >= 4 is 11.8 Å². The molecule has 0 radical (unpaired) electrons. The van der Waals surface area contributed by atoms with Crippen molar-refractivity contribution in [3.63, 3.8) is 0 Å². The minimum atomic E-state index is 0.316. The predicted molar refractivity (Wildman–Crippen MR) is 65.9 cm³/mol. The molecule has 3 heteroatoms. The van der Waals surface area contributed by atoms with Gasteiger partial charge in [0.1, 0.15) is 0 Å². The average molecular weight is 219 g/mol. The first kappa shape index (κ1) is 14.3. The lowest BCUT2D eigenvalue weighted by Crippen LogP contribution is -2.27. The van der Waals surface area contributed by atoms with Crippen LogP contribution < -0.4 is 5.32 Å². The Morgan fingerprint density at radius 2 is 2.07 bits per heavy atom. The van der Waals surface area contributed by atoms with E-state index in [2.05, 4.69) is 26.1 Å². The van der Waals surface area contributed by atoms with Gasteiger partial charge in [0.15, 0.2) is 0 Å². The molecule has 0 saturated heterocycles. The van der Waals surface area contributed by atoms with E-state index >= 15 is 0 Å². The summed E-state index contributed by atoms with van der Waals surface area (Å²) in [5.74, 6) is 2.72. The van der Waals surface area contributed by atoms with Gasteiger partial charge in [0.05, 0.1) is 0 Å². The van der Waals surface area contributed by atoms with E-state index < -0.39 is 0 Å². The Labute approximate surface area is 92.9 Å². The fourth-order valence-corrected chi connectivity index (χ4v) is 2.28. The first-order chi connectivity index (χ1) is 6.70. The van der Waals surface area contributed by atoms with E-state index in [1.54, 1.807) is 0 Å². The minimum Gasteiger partial charge on any atom is -0.396 e. The van der Waals surface area contributed by atoms with E-state index in [0.29, 0.717) is 18.6 Å². The lowest BCUT2D eigenvalue weighted by Gasteiger charge is -2.13. The highest BCUT2D eigenvalue weighted by Crippen LogP contribution is 2.10. The molecule has 2 atom stereocenters. The molecule has 0 rings (SSSR count). The van der Waals surface area contributed by atoms with Gasteiger partial charge in [-0.15, -0.1) is 0 Å². The highest BCUT2D eigenvalue weighted by Gasteiger charge is 2.02. The van der Waals surface area contributed by atoms with Crippen LogP contribution in [0.2, 0.25) is 0 Å². The van der Waals surface area contributed by atoms with Crippen molar-refractivity contribution in [2.24, 2.45) is 5.92 Å². The second-order valence-corrected chi connectivity index (χ2v) is 5.16. The fraction of sp³-hybridized carbons (Fsp3) is 1.00. The molecular weight excluding hydrogens is 194 g/mol. The van der Waals surface area contributed by atoms with Gasteiger partial charge >= 0.3 is 0 Å². The van der Waals surface area contributed by atoms with Gasteiger partial charge in [-0.3, -0.25) is 0 Å². The first-order valence-electron chi connectivity index (χ1n) is 5.62. The Kier molecular flexibility index (Phi) is 10.0. The largest absolute Gasteiger partial charge is 0.396 e.